The van der Waals surface area contributed by atoms with Gasteiger partial charge in [0.25, 0.3) is 0 Å². The smallest absolute Gasteiger partial charge is 0.238 e. The molecule has 1 heterocycles. The number of halogens is 3. The molecule has 2 fully saturated rings. The highest BCUT2D eigenvalue weighted by molar-refractivity contribution is 7.92. The average Bonchev–Trinajstić information content (AvgIpc) is 3.10. The predicted molar refractivity (Wildman–Crippen MR) is 96.8 cm³/mol. The summed E-state index contributed by atoms with van der Waals surface area (Å²) in [6.45, 7) is 0.127. The molecule has 1 aliphatic carbocycles. The summed E-state index contributed by atoms with van der Waals surface area (Å²) in [4.78, 5) is 12.1. The fourth-order valence-electron chi connectivity index (χ4n) is 2.77. The van der Waals surface area contributed by atoms with Crippen LogP contribution in [0, 0.1) is 11.3 Å². The second-order valence-corrected chi connectivity index (χ2v) is 9.08. The lowest BCUT2D eigenvalue weighted by molar-refractivity contribution is -0.123. The van der Waals surface area contributed by atoms with Crippen LogP contribution in [0.1, 0.15) is 19.3 Å². The maximum atomic E-state index is 12.8. The minimum absolute atomic E-state index is 0. The number of nitriles is 1. The molecular weight excluding hydrogens is 409 g/mol. The topological polar surface area (TPSA) is 99.1 Å². The summed E-state index contributed by atoms with van der Waals surface area (Å²) in [5.41, 5.74) is -0.776. The Balaban J connectivity index is 0.00000225. The van der Waals surface area contributed by atoms with E-state index < -0.39 is 26.7 Å². The summed E-state index contributed by atoms with van der Waals surface area (Å²) < 4.78 is 25.6. The fraction of sp³-hybridized carbons (Fsp3) is 0.467. The van der Waals surface area contributed by atoms with E-state index in [0.29, 0.717) is 12.8 Å². The zero-order valence-corrected chi connectivity index (χ0v) is 16.1. The van der Waals surface area contributed by atoms with Gasteiger partial charge in [-0.15, -0.1) is 12.4 Å². The summed E-state index contributed by atoms with van der Waals surface area (Å²) >= 11 is 12.0. The van der Waals surface area contributed by atoms with Crippen LogP contribution < -0.4 is 10.6 Å². The summed E-state index contributed by atoms with van der Waals surface area (Å²) in [6.07, 6.45) is 1.36. The Morgan fingerprint density at radius 2 is 1.92 bits per heavy atom. The van der Waals surface area contributed by atoms with Crippen molar-refractivity contribution in [2.75, 3.05) is 6.54 Å². The SMILES string of the molecule is Cl.N#CC1(NC(=O)[C@@H]2C[C@@H](S(=O)(=O)c3c(Cl)cccc3Cl)CN2)CC1. The molecule has 10 heteroatoms. The van der Waals surface area contributed by atoms with Gasteiger partial charge in [-0.05, 0) is 31.4 Å². The number of hydrogen-bond donors (Lipinski definition) is 2. The molecule has 1 amide bonds. The van der Waals surface area contributed by atoms with Crippen molar-refractivity contribution in [1.82, 2.24) is 10.6 Å². The Hall–Kier alpha value is -1.04. The van der Waals surface area contributed by atoms with E-state index in [4.69, 9.17) is 28.5 Å². The van der Waals surface area contributed by atoms with E-state index >= 15 is 0 Å². The quantitative estimate of drug-likeness (QED) is 0.771. The van der Waals surface area contributed by atoms with E-state index in [1.54, 1.807) is 6.07 Å². The van der Waals surface area contributed by atoms with Crippen LogP contribution in [0.3, 0.4) is 0 Å². The molecule has 2 aliphatic rings. The molecule has 136 valence electrons. The number of amides is 1. The van der Waals surface area contributed by atoms with Crippen molar-refractivity contribution in [3.05, 3.63) is 28.2 Å². The molecule has 2 N–H and O–H groups in total. The van der Waals surface area contributed by atoms with Gasteiger partial charge in [-0.2, -0.15) is 5.26 Å². The molecule has 0 aromatic heterocycles. The molecule has 3 rings (SSSR count). The van der Waals surface area contributed by atoms with Crippen LogP contribution in [0.5, 0.6) is 0 Å². The molecule has 25 heavy (non-hydrogen) atoms. The summed E-state index contributed by atoms with van der Waals surface area (Å²) in [7, 11) is -3.77. The molecule has 6 nitrogen and oxygen atoms in total. The van der Waals surface area contributed by atoms with Gasteiger partial charge in [-0.1, -0.05) is 29.3 Å². The molecule has 0 spiro atoms. The van der Waals surface area contributed by atoms with Gasteiger partial charge in [0.1, 0.15) is 10.4 Å². The van der Waals surface area contributed by atoms with Gasteiger partial charge in [0.05, 0.1) is 27.4 Å². The molecule has 1 saturated heterocycles. The first-order valence-corrected chi connectivity index (χ1v) is 9.74. The van der Waals surface area contributed by atoms with E-state index in [1.807, 2.05) is 0 Å². The number of sulfone groups is 1. The van der Waals surface area contributed by atoms with Gasteiger partial charge in [0.2, 0.25) is 5.91 Å². The van der Waals surface area contributed by atoms with Gasteiger partial charge >= 0.3 is 0 Å². The molecule has 0 radical (unpaired) electrons. The van der Waals surface area contributed by atoms with Gasteiger partial charge < -0.3 is 10.6 Å². The molecule has 2 atom stereocenters. The monoisotopic (exact) mass is 423 g/mol. The van der Waals surface area contributed by atoms with Gasteiger partial charge in [-0.3, -0.25) is 4.79 Å². The maximum absolute atomic E-state index is 12.8. The normalized spacial score (nSPS) is 24.0. The van der Waals surface area contributed by atoms with E-state index in [-0.39, 0.29) is 46.2 Å². The Kier molecular flexibility index (Phi) is 5.92. The number of hydrogen-bond acceptors (Lipinski definition) is 5. The lowest BCUT2D eigenvalue weighted by Gasteiger charge is -2.15. The largest absolute Gasteiger partial charge is 0.336 e. The van der Waals surface area contributed by atoms with Crippen LogP contribution in [0.25, 0.3) is 0 Å². The second-order valence-electron chi connectivity index (χ2n) is 6.10. The fourth-order valence-corrected chi connectivity index (χ4v) is 5.59. The summed E-state index contributed by atoms with van der Waals surface area (Å²) in [6, 6.07) is 5.93. The van der Waals surface area contributed by atoms with Crippen LogP contribution >= 0.6 is 35.6 Å². The second kappa shape index (κ2) is 7.29. The maximum Gasteiger partial charge on any atom is 0.238 e. The first-order chi connectivity index (χ1) is 11.3. The third kappa shape index (κ3) is 3.88. The van der Waals surface area contributed by atoms with Crippen LogP contribution in [-0.4, -0.2) is 37.7 Å². The lowest BCUT2D eigenvalue weighted by atomic mass is 10.2. The average molecular weight is 425 g/mol. The molecule has 1 aromatic carbocycles. The zero-order chi connectivity index (χ0) is 17.5. The van der Waals surface area contributed by atoms with Crippen molar-refractivity contribution in [2.45, 2.75) is 41.0 Å². The lowest BCUT2D eigenvalue weighted by Crippen LogP contribution is -2.45. The first-order valence-electron chi connectivity index (χ1n) is 7.44. The standard InChI is InChI=1S/C15H15Cl2N3O3S.ClH/c16-10-2-1-3-11(17)13(10)24(22,23)9-6-12(19-7-9)14(21)20-15(8-18)4-5-15;/h1-3,9,12,19H,4-7H2,(H,20,21);1H/t9-,12+;/m1./s1. The molecule has 1 aromatic rings. The highest BCUT2D eigenvalue weighted by Gasteiger charge is 2.47. The number of nitrogens with one attached hydrogen (secondary N) is 2. The van der Waals surface area contributed by atoms with E-state index in [1.165, 1.54) is 12.1 Å². The molecule has 1 aliphatic heterocycles. The first kappa shape index (κ1) is 20.3. The minimum Gasteiger partial charge on any atom is -0.336 e. The third-order valence-corrected chi connectivity index (χ3v) is 7.48. The van der Waals surface area contributed by atoms with E-state index in [2.05, 4.69) is 16.7 Å². The van der Waals surface area contributed by atoms with Crippen LogP contribution in [0.4, 0.5) is 0 Å². The Morgan fingerprint density at radius 1 is 1.32 bits per heavy atom. The molecular formula is C15H16Cl3N3O3S. The zero-order valence-electron chi connectivity index (χ0n) is 13.0. The number of carbonyl (C=O) groups excluding carboxylic acids is 1. The Bertz CT molecular complexity index is 814. The van der Waals surface area contributed by atoms with Gasteiger partial charge in [-0.25, -0.2) is 8.42 Å². The number of nitrogens with zero attached hydrogens (tertiary/aromatic N) is 1. The van der Waals surface area contributed by atoms with Crippen molar-refractivity contribution in [3.8, 4) is 6.07 Å². The number of benzene rings is 1. The van der Waals surface area contributed by atoms with Crippen molar-refractivity contribution >= 4 is 51.4 Å². The summed E-state index contributed by atoms with van der Waals surface area (Å²) in [5.74, 6) is -0.350. The number of rotatable bonds is 4. The summed E-state index contributed by atoms with van der Waals surface area (Å²) in [5, 5.41) is 14.0. The highest BCUT2D eigenvalue weighted by atomic mass is 35.5. The van der Waals surface area contributed by atoms with Crippen molar-refractivity contribution < 1.29 is 13.2 Å². The molecule has 1 saturated carbocycles. The predicted octanol–water partition coefficient (Wildman–Crippen LogP) is 2.09. The van der Waals surface area contributed by atoms with Gasteiger partial charge in [0, 0.05) is 6.54 Å². The van der Waals surface area contributed by atoms with Crippen LogP contribution in [-0.2, 0) is 14.6 Å². The minimum atomic E-state index is -3.77. The van der Waals surface area contributed by atoms with Gasteiger partial charge in [0.15, 0.2) is 9.84 Å². The molecule has 0 bridgehead atoms. The van der Waals surface area contributed by atoms with Crippen LogP contribution in [0.2, 0.25) is 10.0 Å². The van der Waals surface area contributed by atoms with Crippen molar-refractivity contribution in [2.24, 2.45) is 0 Å². The number of carbonyl (C=O) groups is 1. The highest BCUT2D eigenvalue weighted by Crippen LogP contribution is 2.36. The Labute approximate surface area is 162 Å². The van der Waals surface area contributed by atoms with E-state index in [9.17, 15) is 13.2 Å². The Morgan fingerprint density at radius 3 is 2.44 bits per heavy atom. The third-order valence-electron chi connectivity index (χ3n) is 4.38. The molecule has 0 unspecified atom stereocenters. The van der Waals surface area contributed by atoms with Crippen molar-refractivity contribution in [3.63, 3.8) is 0 Å². The van der Waals surface area contributed by atoms with E-state index in [0.717, 1.165) is 0 Å². The van der Waals surface area contributed by atoms with Crippen LogP contribution in [0.15, 0.2) is 23.1 Å². The van der Waals surface area contributed by atoms with Crippen molar-refractivity contribution in [1.29, 1.82) is 5.26 Å².